The van der Waals surface area contributed by atoms with Gasteiger partial charge in [0.2, 0.25) is 0 Å². The lowest BCUT2D eigenvalue weighted by Gasteiger charge is -2.17. The number of fused-ring (bicyclic) bond motifs is 2. The van der Waals surface area contributed by atoms with E-state index in [1.54, 1.807) is 24.3 Å². The van der Waals surface area contributed by atoms with Crippen molar-refractivity contribution < 1.29 is 32.5 Å². The number of esters is 1. The number of nitrogens with zero attached hydrogens (tertiary/aromatic N) is 1. The summed E-state index contributed by atoms with van der Waals surface area (Å²) in [5.41, 5.74) is 4.13. The number of aromatic nitrogens is 1. The third-order valence-corrected chi connectivity index (χ3v) is 7.36. The highest BCUT2D eigenvalue weighted by Crippen LogP contribution is 2.44. The van der Waals surface area contributed by atoms with Crippen molar-refractivity contribution in [2.75, 3.05) is 13.7 Å². The van der Waals surface area contributed by atoms with Gasteiger partial charge in [-0.15, -0.1) is 0 Å². The summed E-state index contributed by atoms with van der Waals surface area (Å²) in [6, 6.07) is 18.6. The van der Waals surface area contributed by atoms with E-state index in [0.717, 1.165) is 11.3 Å². The number of aryl methyl sites for hydroxylation is 1. The van der Waals surface area contributed by atoms with Crippen LogP contribution in [0.15, 0.2) is 66.7 Å². The molecule has 4 aromatic rings. The van der Waals surface area contributed by atoms with E-state index in [0.29, 0.717) is 59.1 Å². The number of halogens is 2. The maximum Gasteiger partial charge on any atom is 0.306 e. The minimum atomic E-state index is -0.538. The van der Waals surface area contributed by atoms with Crippen LogP contribution in [0.25, 0.3) is 11.3 Å². The molecule has 1 unspecified atom stereocenters. The Bertz CT molecular complexity index is 1600. The van der Waals surface area contributed by atoms with Crippen molar-refractivity contribution in [3.63, 3.8) is 0 Å². The van der Waals surface area contributed by atoms with Gasteiger partial charge in [-0.1, -0.05) is 12.1 Å². The Morgan fingerprint density at radius 1 is 1.02 bits per heavy atom. The smallest absolute Gasteiger partial charge is 0.306 e. The van der Waals surface area contributed by atoms with E-state index < -0.39 is 17.7 Å². The van der Waals surface area contributed by atoms with Gasteiger partial charge in [0, 0.05) is 39.9 Å². The van der Waals surface area contributed by atoms with Crippen LogP contribution in [0.2, 0.25) is 0 Å². The first-order chi connectivity index (χ1) is 19.4. The number of methoxy groups -OCH3 is 1. The highest BCUT2D eigenvalue weighted by molar-refractivity contribution is 5.71. The van der Waals surface area contributed by atoms with E-state index in [1.807, 2.05) is 31.2 Å². The standard InChI is InChI=1S/C32H27F2NO5/c1-18-4-3-5-26(35-18)19-6-11-28(25(34)14-19)40-27-13-10-24(33)32-23(27)9-12-29(32)39-21-7-8-22-20(15-31(36)37-2)17-38-30(22)16-21/h3-8,10-11,13-14,16,20,29H,9,12,15,17H2,1-2H3/t20?,29-/m1/s1. The van der Waals surface area contributed by atoms with Crippen LogP contribution in [0, 0.1) is 18.6 Å². The van der Waals surface area contributed by atoms with E-state index >= 15 is 8.78 Å². The van der Waals surface area contributed by atoms with Crippen LogP contribution in [-0.2, 0) is 16.0 Å². The molecule has 6 nitrogen and oxygen atoms in total. The van der Waals surface area contributed by atoms with Crippen molar-refractivity contribution in [1.82, 2.24) is 4.98 Å². The summed E-state index contributed by atoms with van der Waals surface area (Å²) in [5, 5.41) is 0. The SMILES string of the molecule is COC(=O)CC1COc2cc(O[C@@H]3CCc4c(Oc5ccc(-c6cccc(C)n6)cc5F)ccc(F)c43)ccc21. The van der Waals surface area contributed by atoms with Gasteiger partial charge in [0.15, 0.2) is 11.6 Å². The quantitative estimate of drug-likeness (QED) is 0.229. The topological polar surface area (TPSA) is 66.9 Å². The highest BCUT2D eigenvalue weighted by Gasteiger charge is 2.32. The molecule has 0 amide bonds. The van der Waals surface area contributed by atoms with Gasteiger partial charge in [-0.05, 0) is 68.3 Å². The summed E-state index contributed by atoms with van der Waals surface area (Å²) >= 11 is 0. The molecular weight excluding hydrogens is 516 g/mol. The molecule has 0 fully saturated rings. The highest BCUT2D eigenvalue weighted by atomic mass is 19.1. The zero-order valence-electron chi connectivity index (χ0n) is 22.1. The minimum absolute atomic E-state index is 0.0480. The second kappa shape index (κ2) is 10.6. The van der Waals surface area contributed by atoms with Crippen molar-refractivity contribution in [1.29, 1.82) is 0 Å². The first-order valence-electron chi connectivity index (χ1n) is 13.1. The fourth-order valence-corrected chi connectivity index (χ4v) is 5.37. The summed E-state index contributed by atoms with van der Waals surface area (Å²) in [7, 11) is 1.36. The van der Waals surface area contributed by atoms with E-state index in [4.69, 9.17) is 18.9 Å². The molecule has 2 atom stereocenters. The number of hydrogen-bond donors (Lipinski definition) is 0. The average Bonchev–Trinajstić information content (AvgIpc) is 3.56. The summed E-state index contributed by atoms with van der Waals surface area (Å²) < 4.78 is 52.8. The van der Waals surface area contributed by atoms with Gasteiger partial charge in [-0.2, -0.15) is 0 Å². The zero-order chi connectivity index (χ0) is 27.8. The molecule has 204 valence electrons. The summed E-state index contributed by atoms with van der Waals surface area (Å²) in [6.07, 6.45) is 0.752. The zero-order valence-corrected chi connectivity index (χ0v) is 22.1. The van der Waals surface area contributed by atoms with Gasteiger partial charge in [0.1, 0.15) is 29.2 Å². The molecule has 1 aromatic heterocycles. The minimum Gasteiger partial charge on any atom is -0.492 e. The molecule has 6 rings (SSSR count). The Morgan fingerprint density at radius 3 is 2.67 bits per heavy atom. The van der Waals surface area contributed by atoms with Gasteiger partial charge < -0.3 is 18.9 Å². The lowest BCUT2D eigenvalue weighted by molar-refractivity contribution is -0.141. The monoisotopic (exact) mass is 543 g/mol. The number of carbonyl (C=O) groups excluding carboxylic acids is 1. The second-order valence-corrected chi connectivity index (χ2v) is 9.98. The summed E-state index contributed by atoms with van der Waals surface area (Å²) in [6.45, 7) is 2.26. The molecule has 0 N–H and O–H groups in total. The molecule has 8 heteroatoms. The number of hydrogen-bond acceptors (Lipinski definition) is 6. The molecule has 40 heavy (non-hydrogen) atoms. The maximum atomic E-state index is 15.1. The molecule has 2 heterocycles. The van der Waals surface area contributed by atoms with Gasteiger partial charge >= 0.3 is 5.97 Å². The van der Waals surface area contributed by atoms with Crippen LogP contribution >= 0.6 is 0 Å². The van der Waals surface area contributed by atoms with E-state index in [9.17, 15) is 4.79 Å². The third kappa shape index (κ3) is 4.97. The Hall–Kier alpha value is -4.46. The lowest BCUT2D eigenvalue weighted by Crippen LogP contribution is -2.09. The molecule has 0 saturated carbocycles. The Kier molecular flexibility index (Phi) is 6.84. The molecule has 0 saturated heterocycles. The normalized spacial score (nSPS) is 17.1. The second-order valence-electron chi connectivity index (χ2n) is 9.98. The molecule has 0 bridgehead atoms. The van der Waals surface area contributed by atoms with Crippen molar-refractivity contribution in [3.05, 3.63) is 101 Å². The molecule has 0 radical (unpaired) electrons. The molecule has 0 spiro atoms. The van der Waals surface area contributed by atoms with Crippen molar-refractivity contribution >= 4 is 5.97 Å². The predicted molar refractivity (Wildman–Crippen MR) is 144 cm³/mol. The first kappa shape index (κ1) is 25.8. The van der Waals surface area contributed by atoms with Crippen molar-refractivity contribution in [2.45, 2.75) is 38.2 Å². The van der Waals surface area contributed by atoms with Gasteiger partial charge in [0.25, 0.3) is 0 Å². The largest absolute Gasteiger partial charge is 0.492 e. The number of benzene rings is 3. The number of pyridine rings is 1. The molecule has 2 aliphatic rings. The number of carbonyl (C=O) groups is 1. The van der Waals surface area contributed by atoms with E-state index in [1.165, 1.54) is 25.3 Å². The predicted octanol–water partition coefficient (Wildman–Crippen LogP) is 7.23. The number of ether oxygens (including phenoxy) is 4. The van der Waals surface area contributed by atoms with Crippen LogP contribution in [0.3, 0.4) is 0 Å². The lowest BCUT2D eigenvalue weighted by atomic mass is 9.98. The summed E-state index contributed by atoms with van der Waals surface area (Å²) in [4.78, 5) is 16.1. The fraction of sp³-hybridized carbons (Fsp3) is 0.250. The first-order valence-corrected chi connectivity index (χ1v) is 13.1. The van der Waals surface area contributed by atoms with Crippen molar-refractivity contribution in [2.24, 2.45) is 0 Å². The third-order valence-electron chi connectivity index (χ3n) is 7.36. The Morgan fingerprint density at radius 2 is 1.88 bits per heavy atom. The molecule has 1 aliphatic carbocycles. The van der Waals surface area contributed by atoms with Gasteiger partial charge in [-0.3, -0.25) is 9.78 Å². The van der Waals surface area contributed by atoms with Crippen LogP contribution in [0.4, 0.5) is 8.78 Å². The molecule has 3 aromatic carbocycles. The Labute approximate surface area is 230 Å². The van der Waals surface area contributed by atoms with Crippen LogP contribution in [-0.4, -0.2) is 24.7 Å². The van der Waals surface area contributed by atoms with Crippen molar-refractivity contribution in [3.8, 4) is 34.3 Å². The van der Waals surface area contributed by atoms with E-state index in [-0.39, 0.29) is 24.1 Å². The molecule has 1 aliphatic heterocycles. The summed E-state index contributed by atoms with van der Waals surface area (Å²) in [5.74, 6) is 0.308. The van der Waals surface area contributed by atoms with Gasteiger partial charge in [-0.25, -0.2) is 8.78 Å². The Balaban J connectivity index is 1.21. The van der Waals surface area contributed by atoms with Crippen LogP contribution in [0.5, 0.6) is 23.0 Å². The molecular formula is C32H27F2NO5. The fourth-order valence-electron chi connectivity index (χ4n) is 5.37. The van der Waals surface area contributed by atoms with E-state index in [2.05, 4.69) is 4.98 Å². The van der Waals surface area contributed by atoms with Crippen LogP contribution < -0.4 is 14.2 Å². The number of rotatable bonds is 7. The maximum absolute atomic E-state index is 15.1. The van der Waals surface area contributed by atoms with Crippen LogP contribution in [0.1, 0.15) is 47.2 Å². The van der Waals surface area contributed by atoms with Gasteiger partial charge in [0.05, 0.1) is 25.8 Å². The average molecular weight is 544 g/mol.